The van der Waals surface area contributed by atoms with Crippen LogP contribution in [0.3, 0.4) is 0 Å². The summed E-state index contributed by atoms with van der Waals surface area (Å²) in [5.74, 6) is -0.945. The fourth-order valence-electron chi connectivity index (χ4n) is 1.08. The summed E-state index contributed by atoms with van der Waals surface area (Å²) >= 11 is 0. The van der Waals surface area contributed by atoms with Gasteiger partial charge in [0.1, 0.15) is 0 Å². The van der Waals surface area contributed by atoms with E-state index in [0.29, 0.717) is 0 Å². The van der Waals surface area contributed by atoms with Crippen molar-refractivity contribution in [2.45, 2.75) is 13.3 Å². The van der Waals surface area contributed by atoms with Gasteiger partial charge < -0.3 is 9.47 Å². The number of ether oxygens (including phenoxy) is 2. The predicted octanol–water partition coefficient (Wildman–Crippen LogP) is 0.113. The number of esters is 2. The molecule has 0 saturated carbocycles. The van der Waals surface area contributed by atoms with E-state index in [1.807, 2.05) is 0 Å². The fourth-order valence-corrected chi connectivity index (χ4v) is 1.08. The molecule has 1 aliphatic heterocycles. The zero-order valence-corrected chi connectivity index (χ0v) is 6.55. The van der Waals surface area contributed by atoms with Crippen LogP contribution in [0.5, 0.6) is 0 Å². The van der Waals surface area contributed by atoms with Crippen LogP contribution in [-0.4, -0.2) is 25.7 Å². The predicted molar refractivity (Wildman–Crippen MR) is 35.7 cm³/mol. The number of hydrogen-bond donors (Lipinski definition) is 0. The molecule has 1 fully saturated rings. The average molecular weight is 158 g/mol. The van der Waals surface area contributed by atoms with Gasteiger partial charge in [-0.05, 0) is 6.92 Å². The highest BCUT2D eigenvalue weighted by molar-refractivity contribution is 5.97. The second kappa shape index (κ2) is 2.62. The Morgan fingerprint density at radius 2 is 2.27 bits per heavy atom. The van der Waals surface area contributed by atoms with Gasteiger partial charge in [0.2, 0.25) is 0 Å². The Morgan fingerprint density at radius 1 is 1.64 bits per heavy atom. The minimum atomic E-state index is -0.758. The molecule has 1 heterocycles. The van der Waals surface area contributed by atoms with Crippen molar-refractivity contribution < 1.29 is 19.1 Å². The fraction of sp³-hybridized carbons (Fsp3) is 0.714. The molecule has 0 aromatic heterocycles. The van der Waals surface area contributed by atoms with E-state index in [1.165, 1.54) is 7.11 Å². The van der Waals surface area contributed by atoms with E-state index in [4.69, 9.17) is 4.74 Å². The number of hydrogen-bond acceptors (Lipinski definition) is 4. The molecule has 0 amide bonds. The van der Waals surface area contributed by atoms with Crippen molar-refractivity contribution in [1.29, 1.82) is 0 Å². The monoisotopic (exact) mass is 158 g/mol. The summed E-state index contributed by atoms with van der Waals surface area (Å²) in [5, 5.41) is 0. The van der Waals surface area contributed by atoms with Gasteiger partial charge in [-0.15, -0.1) is 0 Å². The van der Waals surface area contributed by atoms with E-state index in [1.54, 1.807) is 6.92 Å². The SMILES string of the molecule is COCC1(C)CC(=O)OC1=O. The van der Waals surface area contributed by atoms with Gasteiger partial charge in [0, 0.05) is 7.11 Å². The number of methoxy groups -OCH3 is 1. The Morgan fingerprint density at radius 3 is 2.64 bits per heavy atom. The Hall–Kier alpha value is -0.900. The smallest absolute Gasteiger partial charge is 0.322 e. The van der Waals surface area contributed by atoms with Crippen LogP contribution in [0.25, 0.3) is 0 Å². The lowest BCUT2D eigenvalue weighted by Crippen LogP contribution is -2.27. The molecule has 0 radical (unpaired) electrons. The molecule has 0 N–H and O–H groups in total. The largest absolute Gasteiger partial charge is 0.393 e. The van der Waals surface area contributed by atoms with Crippen molar-refractivity contribution in [3.05, 3.63) is 0 Å². The van der Waals surface area contributed by atoms with Crippen LogP contribution in [0.2, 0.25) is 0 Å². The first-order valence-corrected chi connectivity index (χ1v) is 3.32. The van der Waals surface area contributed by atoms with Crippen LogP contribution in [0, 0.1) is 5.41 Å². The van der Waals surface area contributed by atoms with E-state index in [-0.39, 0.29) is 13.0 Å². The topological polar surface area (TPSA) is 52.6 Å². The Balaban J connectivity index is 2.70. The molecular formula is C7H10O4. The van der Waals surface area contributed by atoms with Crippen molar-refractivity contribution in [2.24, 2.45) is 5.41 Å². The third-order valence-electron chi connectivity index (χ3n) is 1.70. The summed E-state index contributed by atoms with van der Waals surface area (Å²) in [4.78, 5) is 21.6. The quantitative estimate of drug-likeness (QED) is 0.423. The van der Waals surface area contributed by atoms with E-state index in [2.05, 4.69) is 4.74 Å². The zero-order valence-electron chi connectivity index (χ0n) is 6.55. The molecule has 1 rings (SSSR count). The summed E-state index contributed by atoms with van der Waals surface area (Å²) in [6, 6.07) is 0. The minimum absolute atomic E-state index is 0.125. The molecule has 1 atom stereocenters. The second-order valence-electron chi connectivity index (χ2n) is 2.93. The van der Waals surface area contributed by atoms with E-state index in [0.717, 1.165) is 0 Å². The van der Waals surface area contributed by atoms with Gasteiger partial charge in [0.15, 0.2) is 0 Å². The van der Waals surface area contributed by atoms with Crippen LogP contribution >= 0.6 is 0 Å². The molecule has 0 aliphatic carbocycles. The highest BCUT2D eigenvalue weighted by Crippen LogP contribution is 2.30. The molecule has 4 nitrogen and oxygen atoms in total. The summed E-state index contributed by atoms with van der Waals surface area (Å²) in [7, 11) is 1.49. The summed E-state index contributed by atoms with van der Waals surface area (Å²) in [6.45, 7) is 1.89. The standard InChI is InChI=1S/C7H10O4/c1-7(4-10-2)3-5(8)11-6(7)9/h3-4H2,1-2H3. The summed E-state index contributed by atoms with van der Waals surface area (Å²) < 4.78 is 9.17. The van der Waals surface area contributed by atoms with Gasteiger partial charge in [-0.25, -0.2) is 0 Å². The van der Waals surface area contributed by atoms with Gasteiger partial charge in [0.05, 0.1) is 18.4 Å². The normalized spacial score (nSPS) is 30.7. The van der Waals surface area contributed by atoms with Gasteiger partial charge in [-0.3, -0.25) is 9.59 Å². The molecule has 1 aliphatic rings. The van der Waals surface area contributed by atoms with Crippen LogP contribution in [0.15, 0.2) is 0 Å². The van der Waals surface area contributed by atoms with Crippen molar-refractivity contribution >= 4 is 11.9 Å². The van der Waals surface area contributed by atoms with Gasteiger partial charge in [-0.1, -0.05) is 0 Å². The molecular weight excluding hydrogens is 148 g/mol. The maximum Gasteiger partial charge on any atom is 0.322 e. The van der Waals surface area contributed by atoms with Crippen LogP contribution in [0.4, 0.5) is 0 Å². The van der Waals surface area contributed by atoms with Crippen LogP contribution < -0.4 is 0 Å². The first kappa shape index (κ1) is 8.20. The lowest BCUT2D eigenvalue weighted by molar-refractivity contribution is -0.155. The van der Waals surface area contributed by atoms with Crippen molar-refractivity contribution in [1.82, 2.24) is 0 Å². The highest BCUT2D eigenvalue weighted by atomic mass is 16.6. The molecule has 0 aromatic carbocycles. The molecule has 62 valence electrons. The summed E-state index contributed by atoms with van der Waals surface area (Å²) in [5.41, 5.74) is -0.758. The van der Waals surface area contributed by atoms with Gasteiger partial charge >= 0.3 is 11.9 Å². The molecule has 11 heavy (non-hydrogen) atoms. The maximum absolute atomic E-state index is 11.0. The van der Waals surface area contributed by atoms with E-state index < -0.39 is 17.4 Å². The third kappa shape index (κ3) is 1.40. The van der Waals surface area contributed by atoms with Crippen molar-refractivity contribution in [2.75, 3.05) is 13.7 Å². The lowest BCUT2D eigenvalue weighted by Gasteiger charge is -2.14. The molecule has 0 aromatic rings. The minimum Gasteiger partial charge on any atom is -0.393 e. The molecule has 0 spiro atoms. The molecule has 1 saturated heterocycles. The van der Waals surface area contributed by atoms with E-state index >= 15 is 0 Å². The molecule has 0 bridgehead atoms. The van der Waals surface area contributed by atoms with E-state index in [9.17, 15) is 9.59 Å². The first-order chi connectivity index (χ1) is 5.08. The maximum atomic E-state index is 11.0. The first-order valence-electron chi connectivity index (χ1n) is 3.32. The highest BCUT2D eigenvalue weighted by Gasteiger charge is 2.45. The van der Waals surface area contributed by atoms with Crippen LogP contribution in [-0.2, 0) is 19.1 Å². The second-order valence-corrected chi connectivity index (χ2v) is 2.93. The Labute approximate surface area is 64.5 Å². The number of rotatable bonds is 2. The average Bonchev–Trinajstić information content (AvgIpc) is 2.08. The number of cyclic esters (lactones) is 2. The molecule has 4 heteroatoms. The number of carbonyl (C=O) groups is 2. The summed E-state index contributed by atoms with van der Waals surface area (Å²) in [6.07, 6.45) is 0.125. The number of carbonyl (C=O) groups excluding carboxylic acids is 2. The Bertz CT molecular complexity index is 199. The van der Waals surface area contributed by atoms with Crippen LogP contribution in [0.1, 0.15) is 13.3 Å². The van der Waals surface area contributed by atoms with Gasteiger partial charge in [0.25, 0.3) is 0 Å². The Kier molecular flexibility index (Phi) is 1.95. The lowest BCUT2D eigenvalue weighted by atomic mass is 9.90. The third-order valence-corrected chi connectivity index (χ3v) is 1.70. The van der Waals surface area contributed by atoms with Crippen molar-refractivity contribution in [3.63, 3.8) is 0 Å². The zero-order chi connectivity index (χ0) is 8.48. The van der Waals surface area contributed by atoms with Gasteiger partial charge in [-0.2, -0.15) is 0 Å². The molecule has 1 unspecified atom stereocenters. The van der Waals surface area contributed by atoms with Crippen molar-refractivity contribution in [3.8, 4) is 0 Å².